The highest BCUT2D eigenvalue weighted by atomic mass is 16.4. The number of carboxylic acids is 1. The van der Waals surface area contributed by atoms with E-state index < -0.39 is 11.9 Å². The molecule has 4 nitrogen and oxygen atoms in total. The van der Waals surface area contributed by atoms with Crippen LogP contribution in [0.4, 0.5) is 0 Å². The second-order valence-electron chi connectivity index (χ2n) is 6.90. The molecule has 1 atom stereocenters. The van der Waals surface area contributed by atoms with Crippen molar-refractivity contribution in [1.29, 1.82) is 0 Å². The Kier molecular flexibility index (Phi) is 5.12. The van der Waals surface area contributed by atoms with Crippen molar-refractivity contribution >= 4 is 11.5 Å². The summed E-state index contributed by atoms with van der Waals surface area (Å²) in [6, 6.07) is 12.4. The van der Waals surface area contributed by atoms with Gasteiger partial charge in [-0.2, -0.15) is 5.10 Å². The zero-order chi connectivity index (χ0) is 18.8. The largest absolute Gasteiger partial charge is 0.481 e. The number of carboxylic acid groups (broad SMARTS) is 1. The van der Waals surface area contributed by atoms with Gasteiger partial charge in [-0.05, 0) is 49.9 Å². The van der Waals surface area contributed by atoms with E-state index in [1.165, 1.54) is 0 Å². The molecule has 0 aliphatic carbocycles. The molecule has 0 bridgehead atoms. The molecule has 0 unspecified atom stereocenters. The van der Waals surface area contributed by atoms with Gasteiger partial charge in [-0.15, -0.1) is 0 Å². The van der Waals surface area contributed by atoms with Gasteiger partial charge in [0, 0.05) is 11.3 Å². The molecule has 0 aliphatic rings. The molecule has 3 rings (SSSR count). The zero-order valence-corrected chi connectivity index (χ0v) is 15.9. The summed E-state index contributed by atoms with van der Waals surface area (Å²) in [4.78, 5) is 12.1. The minimum Gasteiger partial charge on any atom is -0.481 e. The van der Waals surface area contributed by atoms with Crippen LogP contribution in [-0.2, 0) is 11.2 Å². The Morgan fingerprint density at radius 2 is 1.96 bits per heavy atom. The normalized spacial score (nSPS) is 12.5. The fourth-order valence-electron chi connectivity index (χ4n) is 3.78. The average molecular weight is 350 g/mol. The lowest BCUT2D eigenvalue weighted by Gasteiger charge is -2.21. The van der Waals surface area contributed by atoms with E-state index in [0.717, 1.165) is 52.0 Å². The van der Waals surface area contributed by atoms with Gasteiger partial charge in [-0.25, -0.2) is 4.52 Å². The second kappa shape index (κ2) is 7.32. The van der Waals surface area contributed by atoms with E-state index in [1.807, 2.05) is 24.4 Å². The molecule has 26 heavy (non-hydrogen) atoms. The Hall–Kier alpha value is -2.62. The van der Waals surface area contributed by atoms with Gasteiger partial charge >= 0.3 is 5.97 Å². The SMILES string of the molecule is CCC[C@H](C(=O)O)c1c(C)nn2c(CC)ccc2c1-c1cccc(C)c1. The third-order valence-corrected chi connectivity index (χ3v) is 4.99. The van der Waals surface area contributed by atoms with E-state index in [2.05, 4.69) is 44.2 Å². The van der Waals surface area contributed by atoms with Gasteiger partial charge in [0.1, 0.15) is 0 Å². The van der Waals surface area contributed by atoms with Gasteiger partial charge in [-0.1, -0.05) is 50.1 Å². The van der Waals surface area contributed by atoms with Crippen LogP contribution in [0.15, 0.2) is 36.4 Å². The van der Waals surface area contributed by atoms with Crippen molar-refractivity contribution in [1.82, 2.24) is 9.61 Å². The molecular formula is C22H26N2O2. The number of aromatic nitrogens is 2. The minimum absolute atomic E-state index is 0.548. The lowest BCUT2D eigenvalue weighted by Crippen LogP contribution is -2.17. The highest BCUT2D eigenvalue weighted by Gasteiger charge is 2.27. The summed E-state index contributed by atoms with van der Waals surface area (Å²) >= 11 is 0. The van der Waals surface area contributed by atoms with Crippen molar-refractivity contribution in [3.8, 4) is 11.1 Å². The molecule has 3 aromatic rings. The number of nitrogens with zero attached hydrogens (tertiary/aromatic N) is 2. The number of aryl methyl sites for hydroxylation is 3. The van der Waals surface area contributed by atoms with Gasteiger partial charge < -0.3 is 5.11 Å². The van der Waals surface area contributed by atoms with E-state index in [9.17, 15) is 9.90 Å². The Morgan fingerprint density at radius 1 is 1.19 bits per heavy atom. The summed E-state index contributed by atoms with van der Waals surface area (Å²) in [5.74, 6) is -1.33. The first-order chi connectivity index (χ1) is 12.5. The Labute approximate surface area is 154 Å². The third-order valence-electron chi connectivity index (χ3n) is 4.99. The van der Waals surface area contributed by atoms with Gasteiger partial charge in [0.25, 0.3) is 0 Å². The summed E-state index contributed by atoms with van der Waals surface area (Å²) in [5.41, 5.74) is 6.96. The van der Waals surface area contributed by atoms with Crippen molar-refractivity contribution in [2.75, 3.05) is 0 Å². The molecule has 1 N–H and O–H groups in total. The monoisotopic (exact) mass is 350 g/mol. The fraction of sp³-hybridized carbons (Fsp3) is 0.364. The Bertz CT molecular complexity index is 956. The molecule has 0 fully saturated rings. The lowest BCUT2D eigenvalue weighted by atomic mass is 9.86. The number of fused-ring (bicyclic) bond motifs is 1. The summed E-state index contributed by atoms with van der Waals surface area (Å²) in [6.07, 6.45) is 2.30. The standard InChI is InChI=1S/C22H26N2O2/c1-5-8-18(22(25)26)20-15(4)23-24-17(6-2)11-12-19(24)21(20)16-10-7-9-14(3)13-16/h7,9-13,18H,5-6,8H2,1-4H3,(H,25,26)/t18-/m0/s1. The third kappa shape index (κ3) is 3.12. The van der Waals surface area contributed by atoms with Gasteiger partial charge in [0.05, 0.1) is 17.1 Å². The van der Waals surface area contributed by atoms with Crippen LogP contribution in [0.1, 0.15) is 55.1 Å². The van der Waals surface area contributed by atoms with E-state index >= 15 is 0 Å². The molecule has 2 aromatic heterocycles. The van der Waals surface area contributed by atoms with Crippen LogP contribution >= 0.6 is 0 Å². The van der Waals surface area contributed by atoms with Gasteiger partial charge in [-0.3, -0.25) is 4.79 Å². The van der Waals surface area contributed by atoms with Crippen LogP contribution in [0, 0.1) is 13.8 Å². The van der Waals surface area contributed by atoms with Crippen LogP contribution < -0.4 is 0 Å². The smallest absolute Gasteiger partial charge is 0.311 e. The van der Waals surface area contributed by atoms with E-state index in [4.69, 9.17) is 5.10 Å². The predicted octanol–water partition coefficient (Wildman–Crippen LogP) is 5.15. The number of hydrogen-bond donors (Lipinski definition) is 1. The fourth-order valence-corrected chi connectivity index (χ4v) is 3.78. The molecule has 0 saturated carbocycles. The quantitative estimate of drug-likeness (QED) is 0.669. The molecule has 0 saturated heterocycles. The molecule has 1 aromatic carbocycles. The molecule has 0 amide bonds. The van der Waals surface area contributed by atoms with Crippen LogP contribution in [0.25, 0.3) is 16.6 Å². The molecule has 0 spiro atoms. The molecule has 4 heteroatoms. The number of aliphatic carboxylic acids is 1. The topological polar surface area (TPSA) is 54.6 Å². The molecule has 136 valence electrons. The summed E-state index contributed by atoms with van der Waals surface area (Å²) < 4.78 is 1.97. The first-order valence-electron chi connectivity index (χ1n) is 9.28. The zero-order valence-electron chi connectivity index (χ0n) is 15.9. The number of carbonyl (C=O) groups is 1. The number of rotatable bonds is 6. The van der Waals surface area contributed by atoms with Crippen molar-refractivity contribution in [2.24, 2.45) is 0 Å². The van der Waals surface area contributed by atoms with Crippen LogP contribution in [-0.4, -0.2) is 20.7 Å². The average Bonchev–Trinajstić information content (AvgIpc) is 3.01. The maximum absolute atomic E-state index is 12.1. The van der Waals surface area contributed by atoms with Crippen molar-refractivity contribution in [3.05, 3.63) is 58.9 Å². The Morgan fingerprint density at radius 3 is 2.58 bits per heavy atom. The van der Waals surface area contributed by atoms with Crippen LogP contribution in [0.2, 0.25) is 0 Å². The number of benzene rings is 1. The van der Waals surface area contributed by atoms with Gasteiger partial charge in [0.2, 0.25) is 0 Å². The maximum Gasteiger partial charge on any atom is 0.311 e. The molecule has 0 aliphatic heterocycles. The van der Waals surface area contributed by atoms with Crippen molar-refractivity contribution in [3.63, 3.8) is 0 Å². The summed E-state index contributed by atoms with van der Waals surface area (Å²) in [7, 11) is 0. The van der Waals surface area contributed by atoms with Gasteiger partial charge in [0.15, 0.2) is 0 Å². The first-order valence-corrected chi connectivity index (χ1v) is 9.28. The first kappa shape index (κ1) is 18.2. The van der Waals surface area contributed by atoms with E-state index in [0.29, 0.717) is 6.42 Å². The molecule has 0 radical (unpaired) electrons. The predicted molar refractivity (Wildman–Crippen MR) is 105 cm³/mol. The Balaban J connectivity index is 2.41. The minimum atomic E-state index is -0.780. The second-order valence-corrected chi connectivity index (χ2v) is 6.90. The van der Waals surface area contributed by atoms with Crippen LogP contribution in [0.5, 0.6) is 0 Å². The molecular weight excluding hydrogens is 324 g/mol. The van der Waals surface area contributed by atoms with Crippen LogP contribution in [0.3, 0.4) is 0 Å². The highest BCUT2D eigenvalue weighted by Crippen LogP contribution is 2.37. The highest BCUT2D eigenvalue weighted by molar-refractivity contribution is 5.89. The lowest BCUT2D eigenvalue weighted by molar-refractivity contribution is -0.139. The van der Waals surface area contributed by atoms with E-state index in [1.54, 1.807) is 0 Å². The van der Waals surface area contributed by atoms with Crippen molar-refractivity contribution < 1.29 is 9.90 Å². The van der Waals surface area contributed by atoms with E-state index in [-0.39, 0.29) is 0 Å². The summed E-state index contributed by atoms with van der Waals surface area (Å²) in [5, 5.41) is 14.7. The molecule has 2 heterocycles. The number of hydrogen-bond acceptors (Lipinski definition) is 2. The summed E-state index contributed by atoms with van der Waals surface area (Å²) in [6.45, 7) is 8.12. The maximum atomic E-state index is 12.1. The van der Waals surface area contributed by atoms with Crippen molar-refractivity contribution in [2.45, 2.75) is 52.9 Å².